The molecule has 0 spiro atoms. The summed E-state index contributed by atoms with van der Waals surface area (Å²) in [7, 11) is 0. The van der Waals surface area contributed by atoms with Crippen LogP contribution in [0.15, 0.2) is 36.5 Å². The van der Waals surface area contributed by atoms with Crippen LogP contribution in [0.5, 0.6) is 0 Å². The summed E-state index contributed by atoms with van der Waals surface area (Å²) in [4.78, 5) is 12.8. The molecule has 0 bridgehead atoms. The minimum atomic E-state index is 0.133. The van der Waals surface area contributed by atoms with Crippen molar-refractivity contribution in [2.45, 2.75) is 13.3 Å². The second-order valence-corrected chi connectivity index (χ2v) is 3.31. The topological polar surface area (TPSA) is 20.3 Å². The molecule has 13 heavy (non-hydrogen) atoms. The van der Waals surface area contributed by atoms with Gasteiger partial charge in [-0.05, 0) is 19.1 Å². The van der Waals surface area contributed by atoms with E-state index in [0.29, 0.717) is 6.42 Å². The molecule has 1 saturated heterocycles. The summed E-state index contributed by atoms with van der Waals surface area (Å²) >= 11 is 0. The standard InChI is InChI=1S/C11H11NO/c1-8-3-5-10(6-4-8)12-9(2)7-11(12)13/h3-6H,2,7H2,1H3. The van der Waals surface area contributed by atoms with Gasteiger partial charge < -0.3 is 0 Å². The lowest BCUT2D eigenvalue weighted by atomic mass is 10.1. The fourth-order valence-electron chi connectivity index (χ4n) is 1.44. The van der Waals surface area contributed by atoms with Crippen LogP contribution < -0.4 is 4.90 Å². The quantitative estimate of drug-likeness (QED) is 0.596. The summed E-state index contributed by atoms with van der Waals surface area (Å²) in [5, 5.41) is 0. The highest BCUT2D eigenvalue weighted by Gasteiger charge is 2.29. The Hall–Kier alpha value is -1.57. The first-order valence-electron chi connectivity index (χ1n) is 4.26. The molecule has 2 heteroatoms. The summed E-state index contributed by atoms with van der Waals surface area (Å²) in [6.45, 7) is 5.82. The van der Waals surface area contributed by atoms with Crippen molar-refractivity contribution in [1.29, 1.82) is 0 Å². The molecule has 66 valence electrons. The van der Waals surface area contributed by atoms with E-state index in [1.165, 1.54) is 5.56 Å². The molecule has 1 heterocycles. The largest absolute Gasteiger partial charge is 0.285 e. The molecule has 0 unspecified atom stereocenters. The molecular weight excluding hydrogens is 162 g/mol. The van der Waals surface area contributed by atoms with Crippen molar-refractivity contribution in [3.05, 3.63) is 42.1 Å². The third kappa shape index (κ3) is 1.24. The van der Waals surface area contributed by atoms with Crippen molar-refractivity contribution in [3.8, 4) is 0 Å². The Kier molecular flexibility index (Phi) is 1.69. The average molecular weight is 173 g/mol. The number of amides is 1. The zero-order valence-electron chi connectivity index (χ0n) is 7.58. The molecule has 0 aliphatic carbocycles. The molecule has 0 atom stereocenters. The van der Waals surface area contributed by atoms with Crippen LogP contribution in [0.25, 0.3) is 0 Å². The van der Waals surface area contributed by atoms with Crippen molar-refractivity contribution >= 4 is 11.6 Å². The number of β-lactam (4-membered cyclic amide) rings is 1. The van der Waals surface area contributed by atoms with Crippen molar-refractivity contribution < 1.29 is 4.79 Å². The summed E-state index contributed by atoms with van der Waals surface area (Å²) < 4.78 is 0. The van der Waals surface area contributed by atoms with E-state index in [1.807, 2.05) is 31.2 Å². The summed E-state index contributed by atoms with van der Waals surface area (Å²) in [6, 6.07) is 7.87. The number of anilines is 1. The Labute approximate surface area is 77.5 Å². The molecule has 1 amide bonds. The Balaban J connectivity index is 2.30. The van der Waals surface area contributed by atoms with Gasteiger partial charge in [0.2, 0.25) is 5.91 Å². The Morgan fingerprint density at radius 2 is 1.92 bits per heavy atom. The zero-order chi connectivity index (χ0) is 9.42. The van der Waals surface area contributed by atoms with Crippen LogP contribution >= 0.6 is 0 Å². The van der Waals surface area contributed by atoms with E-state index >= 15 is 0 Å². The average Bonchev–Trinajstić information content (AvgIpc) is 2.09. The van der Waals surface area contributed by atoms with Gasteiger partial charge in [-0.1, -0.05) is 24.3 Å². The highest BCUT2D eigenvalue weighted by molar-refractivity contribution is 6.05. The first kappa shape index (κ1) is 8.05. The van der Waals surface area contributed by atoms with Gasteiger partial charge in [-0.2, -0.15) is 0 Å². The maximum atomic E-state index is 11.2. The lowest BCUT2D eigenvalue weighted by molar-refractivity contribution is -0.120. The SMILES string of the molecule is C=C1CC(=O)N1c1ccc(C)cc1. The lowest BCUT2D eigenvalue weighted by Gasteiger charge is -2.33. The number of aryl methyl sites for hydroxylation is 1. The van der Waals surface area contributed by atoms with Crippen LogP contribution in [0.4, 0.5) is 5.69 Å². The summed E-state index contributed by atoms with van der Waals surface area (Å²) in [6.07, 6.45) is 0.494. The molecule has 0 saturated carbocycles. The molecule has 1 aliphatic heterocycles. The van der Waals surface area contributed by atoms with Gasteiger partial charge in [-0.15, -0.1) is 0 Å². The lowest BCUT2D eigenvalue weighted by Crippen LogP contribution is -2.40. The number of carbonyl (C=O) groups excluding carboxylic acids is 1. The highest BCUT2D eigenvalue weighted by atomic mass is 16.2. The molecule has 1 fully saturated rings. The molecule has 1 aliphatic rings. The summed E-state index contributed by atoms with van der Waals surface area (Å²) in [5.41, 5.74) is 3.00. The maximum absolute atomic E-state index is 11.2. The normalized spacial score (nSPS) is 15.9. The molecule has 2 nitrogen and oxygen atoms in total. The van der Waals surface area contributed by atoms with E-state index in [4.69, 9.17) is 0 Å². The highest BCUT2D eigenvalue weighted by Crippen LogP contribution is 2.29. The van der Waals surface area contributed by atoms with Crippen LogP contribution in [0.2, 0.25) is 0 Å². The Bertz CT molecular complexity index is 350. The fourth-order valence-corrected chi connectivity index (χ4v) is 1.44. The van der Waals surface area contributed by atoms with Gasteiger partial charge in [0, 0.05) is 11.4 Å². The van der Waals surface area contributed by atoms with Crippen LogP contribution in [0, 0.1) is 6.92 Å². The second kappa shape index (κ2) is 2.73. The predicted molar refractivity (Wildman–Crippen MR) is 52.4 cm³/mol. The van der Waals surface area contributed by atoms with Crippen LogP contribution in [-0.2, 0) is 4.79 Å². The zero-order valence-corrected chi connectivity index (χ0v) is 7.58. The molecule has 0 aromatic heterocycles. The number of benzene rings is 1. The van der Waals surface area contributed by atoms with Crippen molar-refractivity contribution in [2.24, 2.45) is 0 Å². The van der Waals surface area contributed by atoms with Gasteiger partial charge in [-0.25, -0.2) is 0 Å². The molecular formula is C11H11NO. The van der Waals surface area contributed by atoms with E-state index in [0.717, 1.165) is 11.4 Å². The van der Waals surface area contributed by atoms with E-state index in [9.17, 15) is 4.79 Å². The molecule has 0 radical (unpaired) electrons. The first-order chi connectivity index (χ1) is 6.18. The monoisotopic (exact) mass is 173 g/mol. The predicted octanol–water partition coefficient (Wildman–Crippen LogP) is 2.25. The van der Waals surface area contributed by atoms with Gasteiger partial charge in [0.05, 0.1) is 6.42 Å². The molecule has 0 N–H and O–H groups in total. The van der Waals surface area contributed by atoms with Gasteiger partial charge in [0.15, 0.2) is 0 Å². The molecule has 1 aromatic rings. The third-order valence-electron chi connectivity index (χ3n) is 2.21. The van der Waals surface area contributed by atoms with E-state index in [1.54, 1.807) is 4.90 Å². The number of carbonyl (C=O) groups is 1. The molecule has 2 rings (SSSR count). The Morgan fingerprint density at radius 1 is 1.31 bits per heavy atom. The van der Waals surface area contributed by atoms with Gasteiger partial charge in [0.1, 0.15) is 0 Å². The van der Waals surface area contributed by atoms with Gasteiger partial charge >= 0.3 is 0 Å². The molecule has 1 aromatic carbocycles. The van der Waals surface area contributed by atoms with Crippen molar-refractivity contribution in [3.63, 3.8) is 0 Å². The third-order valence-corrected chi connectivity index (χ3v) is 2.21. The maximum Gasteiger partial charge on any atom is 0.237 e. The number of hydrogen-bond acceptors (Lipinski definition) is 1. The van der Waals surface area contributed by atoms with Crippen LogP contribution in [-0.4, -0.2) is 5.91 Å². The van der Waals surface area contributed by atoms with Crippen molar-refractivity contribution in [1.82, 2.24) is 0 Å². The number of nitrogens with zero attached hydrogens (tertiary/aromatic N) is 1. The van der Waals surface area contributed by atoms with E-state index in [-0.39, 0.29) is 5.91 Å². The number of hydrogen-bond donors (Lipinski definition) is 0. The minimum absolute atomic E-state index is 0.133. The van der Waals surface area contributed by atoms with E-state index in [2.05, 4.69) is 6.58 Å². The second-order valence-electron chi connectivity index (χ2n) is 3.31. The Morgan fingerprint density at radius 3 is 2.38 bits per heavy atom. The number of rotatable bonds is 1. The summed E-state index contributed by atoms with van der Waals surface area (Å²) in [5.74, 6) is 0.133. The van der Waals surface area contributed by atoms with Crippen LogP contribution in [0.1, 0.15) is 12.0 Å². The van der Waals surface area contributed by atoms with Crippen LogP contribution in [0.3, 0.4) is 0 Å². The van der Waals surface area contributed by atoms with E-state index < -0.39 is 0 Å². The minimum Gasteiger partial charge on any atom is -0.285 e. The van der Waals surface area contributed by atoms with Gasteiger partial charge in [0.25, 0.3) is 0 Å². The van der Waals surface area contributed by atoms with Gasteiger partial charge in [-0.3, -0.25) is 9.69 Å². The fraction of sp³-hybridized carbons (Fsp3) is 0.182. The van der Waals surface area contributed by atoms with Crippen molar-refractivity contribution in [2.75, 3.05) is 4.90 Å². The smallest absolute Gasteiger partial charge is 0.237 e. The first-order valence-corrected chi connectivity index (χ1v) is 4.26.